The van der Waals surface area contributed by atoms with Crippen LogP contribution in [0.5, 0.6) is 0 Å². The molecule has 1 unspecified atom stereocenters. The number of esters is 1. The Kier molecular flexibility index (Phi) is 7.06. The molecule has 22 heavy (non-hydrogen) atoms. The molecule has 0 radical (unpaired) electrons. The first-order valence-electron chi connectivity index (χ1n) is 7.37. The number of halogens is 1. The summed E-state index contributed by atoms with van der Waals surface area (Å²) in [5.41, 5.74) is -0.0178. The standard InChI is InChI=1S/C18H25IO3/c1-6-17(2,3)22-12-8-11-18(4,16(20)21-5)14-9-7-10-15(19)13-14/h6-7,9-10,13H,1,8,11-12H2,2-5H3. The first-order valence-corrected chi connectivity index (χ1v) is 8.45. The van der Waals surface area contributed by atoms with Gasteiger partial charge in [0.1, 0.15) is 0 Å². The van der Waals surface area contributed by atoms with E-state index < -0.39 is 5.41 Å². The number of methoxy groups -OCH3 is 1. The molecule has 0 aliphatic heterocycles. The van der Waals surface area contributed by atoms with Gasteiger partial charge < -0.3 is 9.47 Å². The summed E-state index contributed by atoms with van der Waals surface area (Å²) < 4.78 is 11.9. The van der Waals surface area contributed by atoms with Crippen molar-refractivity contribution in [2.45, 2.75) is 44.6 Å². The summed E-state index contributed by atoms with van der Waals surface area (Å²) in [6.07, 6.45) is 3.23. The van der Waals surface area contributed by atoms with Crippen LogP contribution < -0.4 is 0 Å². The van der Waals surface area contributed by atoms with Gasteiger partial charge in [0.25, 0.3) is 0 Å². The highest BCUT2D eigenvalue weighted by Crippen LogP contribution is 2.31. The normalized spacial score (nSPS) is 14.2. The number of benzene rings is 1. The maximum absolute atomic E-state index is 12.3. The van der Waals surface area contributed by atoms with Crippen LogP contribution in [0, 0.1) is 3.57 Å². The minimum atomic E-state index is -0.655. The number of hydrogen-bond donors (Lipinski definition) is 0. The second kappa shape index (κ2) is 8.11. The number of carbonyl (C=O) groups excluding carboxylic acids is 1. The van der Waals surface area contributed by atoms with Crippen molar-refractivity contribution in [2.24, 2.45) is 0 Å². The summed E-state index contributed by atoms with van der Waals surface area (Å²) in [6, 6.07) is 7.99. The van der Waals surface area contributed by atoms with Gasteiger partial charge >= 0.3 is 5.97 Å². The Morgan fingerprint density at radius 2 is 2.05 bits per heavy atom. The Labute approximate surface area is 147 Å². The third-order valence-corrected chi connectivity index (χ3v) is 4.56. The molecular formula is C18H25IO3. The minimum absolute atomic E-state index is 0.211. The van der Waals surface area contributed by atoms with E-state index in [0.717, 1.165) is 15.6 Å². The van der Waals surface area contributed by atoms with Crippen LogP contribution in [-0.4, -0.2) is 25.3 Å². The van der Waals surface area contributed by atoms with Crippen molar-refractivity contribution in [1.29, 1.82) is 0 Å². The molecule has 0 bridgehead atoms. The maximum atomic E-state index is 12.3. The predicted molar refractivity (Wildman–Crippen MR) is 98.0 cm³/mol. The van der Waals surface area contributed by atoms with Gasteiger partial charge in [-0.05, 0) is 73.9 Å². The van der Waals surface area contributed by atoms with E-state index in [1.165, 1.54) is 7.11 Å². The Morgan fingerprint density at radius 1 is 1.36 bits per heavy atom. The number of carbonyl (C=O) groups is 1. The summed E-state index contributed by atoms with van der Waals surface area (Å²) in [6.45, 7) is 10.2. The summed E-state index contributed by atoms with van der Waals surface area (Å²) in [5.74, 6) is -0.211. The van der Waals surface area contributed by atoms with Crippen LogP contribution in [-0.2, 0) is 19.7 Å². The first-order chi connectivity index (χ1) is 10.2. The molecule has 0 aliphatic rings. The predicted octanol–water partition coefficient (Wildman–Crippen LogP) is 4.48. The fraction of sp³-hybridized carbons (Fsp3) is 0.500. The van der Waals surface area contributed by atoms with Gasteiger partial charge in [0.15, 0.2) is 0 Å². The monoisotopic (exact) mass is 416 g/mol. The number of hydrogen-bond acceptors (Lipinski definition) is 3. The van der Waals surface area contributed by atoms with Crippen molar-refractivity contribution in [3.05, 3.63) is 46.1 Å². The van der Waals surface area contributed by atoms with Crippen LogP contribution in [0.1, 0.15) is 39.2 Å². The second-order valence-electron chi connectivity index (χ2n) is 6.09. The Hall–Kier alpha value is -0.880. The summed E-state index contributed by atoms with van der Waals surface area (Å²) in [4.78, 5) is 12.3. The molecule has 1 rings (SSSR count). The molecule has 0 heterocycles. The highest BCUT2D eigenvalue weighted by molar-refractivity contribution is 14.1. The molecule has 122 valence electrons. The average molecular weight is 416 g/mol. The van der Waals surface area contributed by atoms with E-state index in [-0.39, 0.29) is 11.6 Å². The lowest BCUT2D eigenvalue weighted by molar-refractivity contribution is -0.147. The van der Waals surface area contributed by atoms with Crippen molar-refractivity contribution in [1.82, 2.24) is 0 Å². The van der Waals surface area contributed by atoms with E-state index in [1.54, 1.807) is 6.08 Å². The lowest BCUT2D eigenvalue weighted by Crippen LogP contribution is -2.34. The van der Waals surface area contributed by atoms with E-state index in [2.05, 4.69) is 29.2 Å². The maximum Gasteiger partial charge on any atom is 0.315 e. The number of ether oxygens (including phenoxy) is 2. The van der Waals surface area contributed by atoms with Gasteiger partial charge in [-0.1, -0.05) is 18.2 Å². The van der Waals surface area contributed by atoms with Gasteiger partial charge in [0, 0.05) is 10.2 Å². The quantitative estimate of drug-likeness (QED) is 0.271. The fourth-order valence-electron chi connectivity index (χ4n) is 2.24. The molecule has 0 aliphatic carbocycles. The SMILES string of the molecule is C=CC(C)(C)OCCCC(C)(C(=O)OC)c1cccc(I)c1. The zero-order valence-corrected chi connectivity index (χ0v) is 16.0. The summed E-state index contributed by atoms with van der Waals surface area (Å²) in [7, 11) is 1.44. The molecular weight excluding hydrogens is 391 g/mol. The molecule has 3 nitrogen and oxygen atoms in total. The Morgan fingerprint density at radius 3 is 2.59 bits per heavy atom. The van der Waals surface area contributed by atoms with E-state index in [9.17, 15) is 4.79 Å². The van der Waals surface area contributed by atoms with Gasteiger partial charge in [-0.25, -0.2) is 0 Å². The van der Waals surface area contributed by atoms with Crippen molar-refractivity contribution in [3.63, 3.8) is 0 Å². The number of rotatable bonds is 8. The third kappa shape index (κ3) is 5.09. The van der Waals surface area contributed by atoms with Crippen LogP contribution in [0.25, 0.3) is 0 Å². The molecule has 0 fully saturated rings. The highest BCUT2D eigenvalue weighted by atomic mass is 127. The van der Waals surface area contributed by atoms with Crippen LogP contribution in [0.15, 0.2) is 36.9 Å². The van der Waals surface area contributed by atoms with Gasteiger partial charge in [-0.15, -0.1) is 6.58 Å². The summed E-state index contributed by atoms with van der Waals surface area (Å²) >= 11 is 2.25. The van der Waals surface area contributed by atoms with Crippen molar-refractivity contribution >= 4 is 28.6 Å². The Balaban J connectivity index is 2.81. The van der Waals surface area contributed by atoms with Crippen LogP contribution >= 0.6 is 22.6 Å². The van der Waals surface area contributed by atoms with Crippen molar-refractivity contribution in [2.75, 3.05) is 13.7 Å². The lowest BCUT2D eigenvalue weighted by atomic mass is 9.78. The van der Waals surface area contributed by atoms with E-state index >= 15 is 0 Å². The van der Waals surface area contributed by atoms with Gasteiger partial charge in [0.2, 0.25) is 0 Å². The topological polar surface area (TPSA) is 35.5 Å². The fourth-order valence-corrected chi connectivity index (χ4v) is 2.78. The second-order valence-corrected chi connectivity index (χ2v) is 7.34. The first kappa shape index (κ1) is 19.2. The molecule has 1 atom stereocenters. The average Bonchev–Trinajstić information content (AvgIpc) is 2.50. The van der Waals surface area contributed by atoms with Crippen LogP contribution in [0.3, 0.4) is 0 Å². The molecule has 0 N–H and O–H groups in total. The Bertz CT molecular complexity index is 525. The van der Waals surface area contributed by atoms with Crippen molar-refractivity contribution < 1.29 is 14.3 Å². The molecule has 0 spiro atoms. The molecule has 4 heteroatoms. The van der Waals surface area contributed by atoms with E-state index in [1.807, 2.05) is 45.0 Å². The van der Waals surface area contributed by atoms with Gasteiger partial charge in [0.05, 0.1) is 18.1 Å². The molecule has 1 aromatic rings. The molecule has 0 amide bonds. The smallest absolute Gasteiger partial charge is 0.315 e. The largest absolute Gasteiger partial charge is 0.468 e. The van der Waals surface area contributed by atoms with E-state index in [0.29, 0.717) is 13.0 Å². The van der Waals surface area contributed by atoms with Crippen LogP contribution in [0.4, 0.5) is 0 Å². The lowest BCUT2D eigenvalue weighted by Gasteiger charge is -2.28. The van der Waals surface area contributed by atoms with Gasteiger partial charge in [-0.3, -0.25) is 4.79 Å². The van der Waals surface area contributed by atoms with Crippen LogP contribution in [0.2, 0.25) is 0 Å². The molecule has 1 aromatic carbocycles. The third-order valence-electron chi connectivity index (χ3n) is 3.88. The minimum Gasteiger partial charge on any atom is -0.468 e. The summed E-state index contributed by atoms with van der Waals surface area (Å²) in [5, 5.41) is 0. The van der Waals surface area contributed by atoms with E-state index in [4.69, 9.17) is 9.47 Å². The molecule has 0 saturated heterocycles. The highest BCUT2D eigenvalue weighted by Gasteiger charge is 2.36. The van der Waals surface area contributed by atoms with Gasteiger partial charge in [-0.2, -0.15) is 0 Å². The molecule has 0 saturated carbocycles. The zero-order valence-electron chi connectivity index (χ0n) is 13.8. The molecule has 0 aromatic heterocycles. The zero-order chi connectivity index (χ0) is 16.8. The van der Waals surface area contributed by atoms with Crippen molar-refractivity contribution in [3.8, 4) is 0 Å².